The quantitative estimate of drug-likeness (QED) is 0.875. The Hall–Kier alpha value is -2.45. The van der Waals surface area contributed by atoms with Gasteiger partial charge in [-0.3, -0.25) is 5.32 Å². The van der Waals surface area contributed by atoms with Crippen LogP contribution in [0.25, 0.3) is 0 Å². The molecule has 0 radical (unpaired) electrons. The molecule has 1 aromatic heterocycles. The summed E-state index contributed by atoms with van der Waals surface area (Å²) in [6.07, 6.45) is 1.60. The summed E-state index contributed by atoms with van der Waals surface area (Å²) < 4.78 is 15.7. The molecule has 20 heavy (non-hydrogen) atoms. The van der Waals surface area contributed by atoms with Crippen LogP contribution < -0.4 is 14.8 Å². The molecule has 2 rings (SSSR count). The highest BCUT2D eigenvalue weighted by atomic mass is 16.5. The van der Waals surface area contributed by atoms with E-state index in [1.54, 1.807) is 38.7 Å². The largest absolute Gasteiger partial charge is 0.497 e. The number of methoxy groups -OCH3 is 2. The fourth-order valence-electron chi connectivity index (χ4n) is 1.91. The maximum atomic E-state index is 9.35. The second-order valence-corrected chi connectivity index (χ2v) is 4.13. The van der Waals surface area contributed by atoms with E-state index in [1.165, 1.54) is 0 Å². The van der Waals surface area contributed by atoms with Crippen molar-refractivity contribution >= 4 is 0 Å². The molecule has 1 aromatic carbocycles. The maximum absolute atomic E-state index is 9.35. The molecule has 0 spiro atoms. The Morgan fingerprint density at radius 1 is 1.30 bits per heavy atom. The Morgan fingerprint density at radius 2 is 2.15 bits per heavy atom. The first-order chi connectivity index (χ1) is 9.78. The smallest absolute Gasteiger partial charge is 0.125 e. The summed E-state index contributed by atoms with van der Waals surface area (Å²) in [4.78, 5) is 0. The summed E-state index contributed by atoms with van der Waals surface area (Å²) in [6, 6.07) is 10.7. The van der Waals surface area contributed by atoms with E-state index in [9.17, 15) is 5.26 Å². The molecule has 2 aromatic rings. The second kappa shape index (κ2) is 6.64. The lowest BCUT2D eigenvalue weighted by atomic mass is 10.1. The Labute approximate surface area is 117 Å². The van der Waals surface area contributed by atoms with Crippen LogP contribution in [0.15, 0.2) is 41.0 Å². The molecule has 0 bridgehead atoms. The Kier molecular flexibility index (Phi) is 4.64. The van der Waals surface area contributed by atoms with E-state index in [-0.39, 0.29) is 0 Å². The lowest BCUT2D eigenvalue weighted by Gasteiger charge is -2.15. The number of hydrogen-bond acceptors (Lipinski definition) is 5. The van der Waals surface area contributed by atoms with Crippen molar-refractivity contribution < 1.29 is 13.9 Å². The number of nitrogens with one attached hydrogen (secondary N) is 1. The summed E-state index contributed by atoms with van der Waals surface area (Å²) in [5.74, 6) is 2.09. The Balaban J connectivity index is 2.19. The summed E-state index contributed by atoms with van der Waals surface area (Å²) in [7, 11) is 3.16. The fraction of sp³-hybridized carbons (Fsp3) is 0.267. The van der Waals surface area contributed by atoms with Crippen molar-refractivity contribution in [3.8, 4) is 17.6 Å². The van der Waals surface area contributed by atoms with Crippen LogP contribution >= 0.6 is 0 Å². The van der Waals surface area contributed by atoms with E-state index in [0.717, 1.165) is 11.3 Å². The molecule has 0 amide bonds. The molecule has 0 aliphatic rings. The standard InChI is InChI=1S/C15H16N2O3/c1-18-11-5-6-15(19-2)13(8-11)14(9-16)17-10-12-4-3-7-20-12/h3-8,14,17H,10H2,1-2H3. The minimum absolute atomic E-state index is 0.464. The van der Waals surface area contributed by atoms with Gasteiger partial charge >= 0.3 is 0 Å². The van der Waals surface area contributed by atoms with E-state index >= 15 is 0 Å². The van der Waals surface area contributed by atoms with Gasteiger partial charge in [0.2, 0.25) is 0 Å². The zero-order valence-electron chi connectivity index (χ0n) is 11.4. The van der Waals surface area contributed by atoms with Crippen molar-refractivity contribution in [1.82, 2.24) is 5.32 Å². The Morgan fingerprint density at radius 3 is 2.75 bits per heavy atom. The van der Waals surface area contributed by atoms with Crippen LogP contribution in [0.4, 0.5) is 0 Å². The lowest BCUT2D eigenvalue weighted by molar-refractivity contribution is 0.393. The van der Waals surface area contributed by atoms with Gasteiger partial charge in [0.1, 0.15) is 23.3 Å². The van der Waals surface area contributed by atoms with Crippen molar-refractivity contribution in [2.45, 2.75) is 12.6 Å². The van der Waals surface area contributed by atoms with Gasteiger partial charge in [-0.05, 0) is 30.3 Å². The van der Waals surface area contributed by atoms with Gasteiger partial charge in [0.05, 0.1) is 33.1 Å². The van der Waals surface area contributed by atoms with Crippen LogP contribution in [0.1, 0.15) is 17.4 Å². The molecule has 1 heterocycles. The van der Waals surface area contributed by atoms with Gasteiger partial charge in [-0.15, -0.1) is 0 Å². The van der Waals surface area contributed by atoms with E-state index in [1.807, 2.05) is 12.1 Å². The highest BCUT2D eigenvalue weighted by Gasteiger charge is 2.16. The van der Waals surface area contributed by atoms with E-state index in [4.69, 9.17) is 13.9 Å². The van der Waals surface area contributed by atoms with E-state index in [0.29, 0.717) is 18.0 Å². The van der Waals surface area contributed by atoms with Crippen molar-refractivity contribution in [2.24, 2.45) is 0 Å². The van der Waals surface area contributed by atoms with Crippen LogP contribution in [0, 0.1) is 11.3 Å². The zero-order valence-corrected chi connectivity index (χ0v) is 11.4. The van der Waals surface area contributed by atoms with Gasteiger partial charge in [-0.1, -0.05) is 0 Å². The molecular formula is C15H16N2O3. The van der Waals surface area contributed by atoms with Crippen LogP contribution in [-0.2, 0) is 6.54 Å². The highest BCUT2D eigenvalue weighted by molar-refractivity contribution is 5.44. The lowest BCUT2D eigenvalue weighted by Crippen LogP contribution is -2.19. The molecule has 5 nitrogen and oxygen atoms in total. The number of ether oxygens (including phenoxy) is 2. The van der Waals surface area contributed by atoms with Gasteiger partial charge < -0.3 is 13.9 Å². The molecule has 104 valence electrons. The van der Waals surface area contributed by atoms with Crippen molar-refractivity contribution in [1.29, 1.82) is 5.26 Å². The molecule has 0 aliphatic carbocycles. The fourth-order valence-corrected chi connectivity index (χ4v) is 1.91. The van der Waals surface area contributed by atoms with Crippen molar-refractivity contribution in [3.05, 3.63) is 47.9 Å². The van der Waals surface area contributed by atoms with Gasteiger partial charge in [0, 0.05) is 5.56 Å². The van der Waals surface area contributed by atoms with Gasteiger partial charge in [-0.25, -0.2) is 0 Å². The number of nitriles is 1. The molecule has 1 atom stereocenters. The summed E-state index contributed by atoms with van der Waals surface area (Å²) in [5.41, 5.74) is 0.737. The third kappa shape index (κ3) is 3.11. The topological polar surface area (TPSA) is 67.4 Å². The van der Waals surface area contributed by atoms with Gasteiger partial charge in [-0.2, -0.15) is 5.26 Å². The molecule has 0 saturated heterocycles. The minimum atomic E-state index is -0.509. The van der Waals surface area contributed by atoms with Crippen LogP contribution in [-0.4, -0.2) is 14.2 Å². The highest BCUT2D eigenvalue weighted by Crippen LogP contribution is 2.29. The molecule has 1 N–H and O–H groups in total. The first-order valence-corrected chi connectivity index (χ1v) is 6.15. The van der Waals surface area contributed by atoms with Crippen LogP contribution in [0.5, 0.6) is 11.5 Å². The third-order valence-electron chi connectivity index (χ3n) is 2.94. The predicted molar refractivity (Wildman–Crippen MR) is 73.4 cm³/mol. The molecule has 0 fully saturated rings. The first-order valence-electron chi connectivity index (χ1n) is 6.15. The number of rotatable bonds is 6. The molecule has 0 aliphatic heterocycles. The number of hydrogen-bond donors (Lipinski definition) is 1. The van der Waals surface area contributed by atoms with Crippen LogP contribution in [0.3, 0.4) is 0 Å². The number of nitrogens with zero attached hydrogens (tertiary/aromatic N) is 1. The third-order valence-corrected chi connectivity index (χ3v) is 2.94. The first kappa shape index (κ1) is 14.0. The molecule has 0 saturated carbocycles. The number of furan rings is 1. The normalized spacial score (nSPS) is 11.7. The molecule has 5 heteroatoms. The minimum Gasteiger partial charge on any atom is -0.497 e. The van der Waals surface area contributed by atoms with E-state index in [2.05, 4.69) is 11.4 Å². The SMILES string of the molecule is COc1ccc(OC)c(C(C#N)NCc2ccco2)c1. The Bertz CT molecular complexity index is 588. The zero-order chi connectivity index (χ0) is 14.4. The number of benzene rings is 1. The summed E-state index contributed by atoms with van der Waals surface area (Å²) >= 11 is 0. The van der Waals surface area contributed by atoms with Crippen molar-refractivity contribution in [3.63, 3.8) is 0 Å². The van der Waals surface area contributed by atoms with Crippen LogP contribution in [0.2, 0.25) is 0 Å². The average Bonchev–Trinajstić information content (AvgIpc) is 3.01. The van der Waals surface area contributed by atoms with Gasteiger partial charge in [0.25, 0.3) is 0 Å². The summed E-state index contributed by atoms with van der Waals surface area (Å²) in [5, 5.41) is 12.5. The maximum Gasteiger partial charge on any atom is 0.125 e. The summed E-state index contributed by atoms with van der Waals surface area (Å²) in [6.45, 7) is 0.464. The predicted octanol–water partition coefficient (Wildman–Crippen LogP) is 2.65. The molecule has 1 unspecified atom stereocenters. The molecular weight excluding hydrogens is 256 g/mol. The van der Waals surface area contributed by atoms with Crippen molar-refractivity contribution in [2.75, 3.05) is 14.2 Å². The van der Waals surface area contributed by atoms with E-state index < -0.39 is 6.04 Å². The van der Waals surface area contributed by atoms with Gasteiger partial charge in [0.15, 0.2) is 0 Å². The average molecular weight is 272 g/mol. The monoisotopic (exact) mass is 272 g/mol. The second-order valence-electron chi connectivity index (χ2n) is 4.13.